The van der Waals surface area contributed by atoms with Gasteiger partial charge in [0.25, 0.3) is 5.91 Å². The molecule has 1 N–H and O–H groups in total. The highest BCUT2D eigenvalue weighted by atomic mass is 32.1. The number of nitrogens with one attached hydrogen (secondary N) is 1. The number of hydrogen-bond acceptors (Lipinski definition) is 5. The van der Waals surface area contributed by atoms with Gasteiger partial charge in [-0.25, -0.2) is 9.97 Å². The van der Waals surface area contributed by atoms with Gasteiger partial charge in [0, 0.05) is 34.8 Å². The highest BCUT2D eigenvalue weighted by molar-refractivity contribution is 7.17. The van der Waals surface area contributed by atoms with Gasteiger partial charge in [-0.15, -0.1) is 11.3 Å². The number of rotatable bonds is 5. The zero-order chi connectivity index (χ0) is 16.2. The number of anilines is 2. The van der Waals surface area contributed by atoms with Gasteiger partial charge in [0.05, 0.1) is 5.69 Å². The summed E-state index contributed by atoms with van der Waals surface area (Å²) in [5.41, 5.74) is 1.19. The van der Waals surface area contributed by atoms with Crippen molar-refractivity contribution in [3.63, 3.8) is 0 Å². The second-order valence-electron chi connectivity index (χ2n) is 5.01. The van der Waals surface area contributed by atoms with Crippen LogP contribution in [0.5, 0.6) is 0 Å². The quantitative estimate of drug-likeness (QED) is 0.775. The summed E-state index contributed by atoms with van der Waals surface area (Å²) in [5, 5.41) is 5.94. The maximum absolute atomic E-state index is 12.5. The monoisotopic (exact) mass is 326 g/mol. The van der Waals surface area contributed by atoms with Crippen molar-refractivity contribution in [3.8, 4) is 0 Å². The van der Waals surface area contributed by atoms with E-state index in [2.05, 4.69) is 15.3 Å². The molecule has 0 radical (unpaired) electrons. The molecule has 0 fully saturated rings. The number of carbonyl (C=O) groups is 1. The molecule has 0 aliphatic rings. The smallest absolute Gasteiger partial charge is 0.274 e. The number of aromatic nitrogens is 2. The predicted molar refractivity (Wildman–Crippen MR) is 95.4 cm³/mol. The van der Waals surface area contributed by atoms with Crippen LogP contribution in [0.1, 0.15) is 24.3 Å². The lowest BCUT2D eigenvalue weighted by Gasteiger charge is -2.18. The zero-order valence-corrected chi connectivity index (χ0v) is 13.9. The van der Waals surface area contributed by atoms with E-state index in [0.717, 1.165) is 28.9 Å². The third kappa shape index (κ3) is 3.17. The van der Waals surface area contributed by atoms with Gasteiger partial charge in [-0.2, -0.15) is 0 Å². The summed E-state index contributed by atoms with van der Waals surface area (Å²) in [5.74, 6) is 0.363. The minimum Gasteiger partial charge on any atom is -0.341 e. The first-order valence-electron chi connectivity index (χ1n) is 7.58. The summed E-state index contributed by atoms with van der Waals surface area (Å²) in [7, 11) is 0. The van der Waals surface area contributed by atoms with Gasteiger partial charge in [-0.05, 0) is 26.0 Å². The fraction of sp³-hybridized carbons (Fsp3) is 0.235. The van der Waals surface area contributed by atoms with Gasteiger partial charge in [0.15, 0.2) is 0 Å². The molecule has 0 aliphatic heterocycles. The van der Waals surface area contributed by atoms with Gasteiger partial charge in [-0.3, -0.25) is 4.79 Å². The standard InChI is InChI=1S/C17H18N4OS/c1-3-21(4-2)17-18-10-9-13(20-17)16(22)19-14-11-23-15-8-6-5-7-12(14)15/h5-11H,3-4H2,1-2H3,(H,19,22). The number of amides is 1. The molecule has 0 unspecified atom stereocenters. The van der Waals surface area contributed by atoms with Crippen molar-refractivity contribution < 1.29 is 4.79 Å². The van der Waals surface area contributed by atoms with Gasteiger partial charge >= 0.3 is 0 Å². The highest BCUT2D eigenvalue weighted by Gasteiger charge is 2.13. The Morgan fingerprint density at radius 1 is 1.22 bits per heavy atom. The van der Waals surface area contributed by atoms with Crippen LogP contribution >= 0.6 is 11.3 Å². The molecule has 1 amide bonds. The molecule has 3 rings (SSSR count). The van der Waals surface area contributed by atoms with E-state index in [1.807, 2.05) is 48.4 Å². The largest absolute Gasteiger partial charge is 0.341 e. The zero-order valence-electron chi connectivity index (χ0n) is 13.1. The summed E-state index contributed by atoms with van der Waals surface area (Å²) >= 11 is 1.61. The third-order valence-electron chi connectivity index (χ3n) is 3.65. The molecule has 0 saturated heterocycles. The van der Waals surface area contributed by atoms with Crippen molar-refractivity contribution in [1.29, 1.82) is 0 Å². The Kier molecular flexibility index (Phi) is 4.52. The normalized spacial score (nSPS) is 10.7. The van der Waals surface area contributed by atoms with E-state index in [1.165, 1.54) is 0 Å². The average Bonchev–Trinajstić information content (AvgIpc) is 2.99. The van der Waals surface area contributed by atoms with Gasteiger partial charge < -0.3 is 10.2 Å². The molecule has 5 nitrogen and oxygen atoms in total. The van der Waals surface area contributed by atoms with E-state index in [0.29, 0.717) is 11.6 Å². The van der Waals surface area contributed by atoms with Crippen LogP contribution in [-0.2, 0) is 0 Å². The summed E-state index contributed by atoms with van der Waals surface area (Å²) in [6, 6.07) is 9.64. The number of fused-ring (bicyclic) bond motifs is 1. The van der Waals surface area contributed by atoms with Crippen LogP contribution in [0.25, 0.3) is 10.1 Å². The molecule has 0 aliphatic carbocycles. The van der Waals surface area contributed by atoms with Crippen LogP contribution in [0, 0.1) is 0 Å². The summed E-state index contributed by atoms with van der Waals surface area (Å²) in [6.07, 6.45) is 1.63. The number of nitrogens with zero attached hydrogens (tertiary/aromatic N) is 3. The van der Waals surface area contributed by atoms with Crippen LogP contribution in [0.4, 0.5) is 11.6 Å². The summed E-state index contributed by atoms with van der Waals surface area (Å²) in [6.45, 7) is 5.68. The lowest BCUT2D eigenvalue weighted by Crippen LogP contribution is -2.25. The molecule has 6 heteroatoms. The Bertz CT molecular complexity index is 826. The van der Waals surface area contributed by atoms with Crippen LogP contribution in [0.3, 0.4) is 0 Å². The topological polar surface area (TPSA) is 58.1 Å². The second kappa shape index (κ2) is 6.75. The molecule has 2 heterocycles. The number of benzene rings is 1. The highest BCUT2D eigenvalue weighted by Crippen LogP contribution is 2.30. The molecule has 3 aromatic rings. The van der Waals surface area contributed by atoms with Crippen LogP contribution in [0.15, 0.2) is 41.9 Å². The Labute approximate surface area is 139 Å². The Morgan fingerprint density at radius 3 is 2.78 bits per heavy atom. The van der Waals surface area contributed by atoms with Crippen molar-refractivity contribution in [1.82, 2.24) is 9.97 Å². The maximum Gasteiger partial charge on any atom is 0.274 e. The molecule has 2 aromatic heterocycles. The first-order valence-corrected chi connectivity index (χ1v) is 8.46. The van der Waals surface area contributed by atoms with Crippen LogP contribution < -0.4 is 10.2 Å². The van der Waals surface area contributed by atoms with Crippen molar-refractivity contribution in [2.45, 2.75) is 13.8 Å². The molecule has 0 bridgehead atoms. The van der Waals surface area contributed by atoms with Crippen molar-refractivity contribution in [2.75, 3.05) is 23.3 Å². The van der Waals surface area contributed by atoms with Crippen molar-refractivity contribution >= 4 is 39.0 Å². The van der Waals surface area contributed by atoms with Gasteiger partial charge in [-0.1, -0.05) is 18.2 Å². The molecular weight excluding hydrogens is 308 g/mol. The Hall–Kier alpha value is -2.47. The SMILES string of the molecule is CCN(CC)c1nccc(C(=O)Nc2csc3ccccc23)n1. The van der Waals surface area contributed by atoms with E-state index in [-0.39, 0.29) is 5.91 Å². The van der Waals surface area contributed by atoms with E-state index in [9.17, 15) is 4.79 Å². The predicted octanol–water partition coefficient (Wildman–Crippen LogP) is 3.79. The van der Waals surface area contributed by atoms with Crippen molar-refractivity contribution in [3.05, 3.63) is 47.6 Å². The molecule has 0 spiro atoms. The molecule has 1 aromatic carbocycles. The summed E-state index contributed by atoms with van der Waals surface area (Å²) in [4.78, 5) is 23.1. The Morgan fingerprint density at radius 2 is 2.00 bits per heavy atom. The third-order valence-corrected chi connectivity index (χ3v) is 4.61. The second-order valence-corrected chi connectivity index (χ2v) is 5.93. The molecule has 118 valence electrons. The Balaban J connectivity index is 1.85. The lowest BCUT2D eigenvalue weighted by atomic mass is 10.2. The lowest BCUT2D eigenvalue weighted by molar-refractivity contribution is 0.102. The average molecular weight is 326 g/mol. The summed E-state index contributed by atoms with van der Waals surface area (Å²) < 4.78 is 1.15. The first-order chi connectivity index (χ1) is 11.2. The van der Waals surface area contributed by atoms with Gasteiger partial charge in [0.1, 0.15) is 5.69 Å². The first kappa shape index (κ1) is 15.4. The van der Waals surface area contributed by atoms with Crippen LogP contribution in [0.2, 0.25) is 0 Å². The maximum atomic E-state index is 12.5. The fourth-order valence-electron chi connectivity index (χ4n) is 2.39. The van der Waals surface area contributed by atoms with E-state index < -0.39 is 0 Å². The van der Waals surface area contributed by atoms with Crippen LogP contribution in [-0.4, -0.2) is 29.0 Å². The minimum absolute atomic E-state index is 0.218. The molecule has 0 saturated carbocycles. The van der Waals surface area contributed by atoms with E-state index in [1.54, 1.807) is 23.6 Å². The van der Waals surface area contributed by atoms with E-state index in [4.69, 9.17) is 0 Å². The number of thiophene rings is 1. The van der Waals surface area contributed by atoms with E-state index >= 15 is 0 Å². The number of carbonyl (C=O) groups excluding carboxylic acids is 1. The van der Waals surface area contributed by atoms with Crippen molar-refractivity contribution in [2.24, 2.45) is 0 Å². The molecule has 0 atom stereocenters. The minimum atomic E-state index is -0.218. The number of hydrogen-bond donors (Lipinski definition) is 1. The molecule has 23 heavy (non-hydrogen) atoms. The fourth-order valence-corrected chi connectivity index (χ4v) is 3.29. The molecular formula is C17H18N4OS. The van der Waals surface area contributed by atoms with Gasteiger partial charge in [0.2, 0.25) is 5.95 Å².